The molecule has 1 amide bonds. The van der Waals surface area contributed by atoms with Gasteiger partial charge in [0.05, 0.1) is 22.5 Å². The number of aromatic nitrogens is 1. The van der Waals surface area contributed by atoms with Crippen molar-refractivity contribution < 1.29 is 14.3 Å². The normalized spacial score (nSPS) is 10.1. The number of nitrogens with zero attached hydrogens (tertiary/aromatic N) is 1. The largest absolute Gasteiger partial charge is 0.505 e. The maximum Gasteiger partial charge on any atom is 0.259 e. The van der Waals surface area contributed by atoms with E-state index in [9.17, 15) is 14.3 Å². The lowest BCUT2D eigenvalue weighted by atomic mass is 10.2. The van der Waals surface area contributed by atoms with E-state index >= 15 is 0 Å². The molecule has 0 fully saturated rings. The maximum atomic E-state index is 12.8. The highest BCUT2D eigenvalue weighted by Gasteiger charge is 2.12. The second kappa shape index (κ2) is 5.01. The number of carbonyl (C=O) groups is 1. The minimum absolute atomic E-state index is 0.0605. The molecular formula is C12H8ClFN2O2. The highest BCUT2D eigenvalue weighted by molar-refractivity contribution is 6.33. The molecule has 6 heteroatoms. The monoisotopic (exact) mass is 266 g/mol. The van der Waals surface area contributed by atoms with Gasteiger partial charge in [-0.25, -0.2) is 4.39 Å². The molecular weight excluding hydrogens is 259 g/mol. The molecule has 0 saturated heterocycles. The molecule has 18 heavy (non-hydrogen) atoms. The van der Waals surface area contributed by atoms with Crippen LogP contribution in [-0.2, 0) is 0 Å². The van der Waals surface area contributed by atoms with Crippen molar-refractivity contribution in [2.24, 2.45) is 0 Å². The van der Waals surface area contributed by atoms with Gasteiger partial charge < -0.3 is 10.4 Å². The molecule has 0 spiro atoms. The van der Waals surface area contributed by atoms with Gasteiger partial charge in [0, 0.05) is 6.20 Å². The molecule has 0 bridgehead atoms. The van der Waals surface area contributed by atoms with Crippen molar-refractivity contribution in [3.8, 4) is 5.75 Å². The van der Waals surface area contributed by atoms with Gasteiger partial charge in [-0.05, 0) is 24.3 Å². The van der Waals surface area contributed by atoms with Crippen LogP contribution < -0.4 is 5.32 Å². The third kappa shape index (κ3) is 2.57. The molecule has 0 aliphatic carbocycles. The Morgan fingerprint density at radius 3 is 2.83 bits per heavy atom. The van der Waals surface area contributed by atoms with E-state index in [1.54, 1.807) is 0 Å². The van der Waals surface area contributed by atoms with Crippen molar-refractivity contribution in [3.05, 3.63) is 53.1 Å². The number of nitrogens with one attached hydrogen (secondary N) is 1. The molecule has 1 aromatic heterocycles. The molecule has 2 aromatic rings. The zero-order chi connectivity index (χ0) is 13.1. The topological polar surface area (TPSA) is 62.2 Å². The minimum atomic E-state index is -0.552. The Labute approximate surface area is 107 Å². The number of halogens is 2. The van der Waals surface area contributed by atoms with E-state index in [1.165, 1.54) is 24.4 Å². The Morgan fingerprint density at radius 1 is 1.39 bits per heavy atom. The lowest BCUT2D eigenvalue weighted by Gasteiger charge is -2.07. The number of carbonyl (C=O) groups excluding carboxylic acids is 1. The molecule has 0 radical (unpaired) electrons. The number of hydrogen-bond donors (Lipinski definition) is 2. The lowest BCUT2D eigenvalue weighted by Crippen LogP contribution is -2.12. The van der Waals surface area contributed by atoms with Crippen LogP contribution in [-0.4, -0.2) is 16.0 Å². The third-order valence-corrected chi connectivity index (χ3v) is 2.54. The minimum Gasteiger partial charge on any atom is -0.505 e. The van der Waals surface area contributed by atoms with Crippen LogP contribution in [0.3, 0.4) is 0 Å². The summed E-state index contributed by atoms with van der Waals surface area (Å²) < 4.78 is 12.8. The van der Waals surface area contributed by atoms with Gasteiger partial charge in [0.25, 0.3) is 5.91 Å². The first-order valence-corrected chi connectivity index (χ1v) is 5.35. The van der Waals surface area contributed by atoms with Crippen LogP contribution >= 0.6 is 11.6 Å². The molecule has 0 atom stereocenters. The van der Waals surface area contributed by atoms with Crippen molar-refractivity contribution in [2.75, 3.05) is 5.32 Å². The fourth-order valence-electron chi connectivity index (χ4n) is 1.36. The van der Waals surface area contributed by atoms with E-state index in [-0.39, 0.29) is 22.0 Å². The summed E-state index contributed by atoms with van der Waals surface area (Å²) >= 11 is 5.77. The zero-order valence-corrected chi connectivity index (χ0v) is 9.78. The van der Waals surface area contributed by atoms with E-state index < -0.39 is 11.7 Å². The van der Waals surface area contributed by atoms with Gasteiger partial charge in [-0.3, -0.25) is 9.78 Å². The average molecular weight is 267 g/mol. The van der Waals surface area contributed by atoms with E-state index in [0.29, 0.717) is 0 Å². The van der Waals surface area contributed by atoms with Gasteiger partial charge in [-0.15, -0.1) is 0 Å². The predicted octanol–water partition coefficient (Wildman–Crippen LogP) is 2.83. The lowest BCUT2D eigenvalue weighted by molar-refractivity contribution is 0.102. The first kappa shape index (κ1) is 12.3. The van der Waals surface area contributed by atoms with E-state index in [1.807, 2.05) is 0 Å². The number of anilines is 1. The quantitative estimate of drug-likeness (QED) is 0.879. The van der Waals surface area contributed by atoms with Crippen LogP contribution in [0.15, 0.2) is 36.7 Å². The summed E-state index contributed by atoms with van der Waals surface area (Å²) in [5.41, 5.74) is 0.324. The van der Waals surface area contributed by atoms with Crippen LogP contribution in [0.5, 0.6) is 5.75 Å². The maximum absolute atomic E-state index is 12.8. The van der Waals surface area contributed by atoms with Crippen molar-refractivity contribution >= 4 is 23.2 Å². The van der Waals surface area contributed by atoms with Gasteiger partial charge in [-0.2, -0.15) is 0 Å². The van der Waals surface area contributed by atoms with Crippen molar-refractivity contribution in [3.63, 3.8) is 0 Å². The summed E-state index contributed by atoms with van der Waals surface area (Å²) in [7, 11) is 0. The number of pyridine rings is 1. The molecule has 0 aliphatic heterocycles. The highest BCUT2D eigenvalue weighted by Crippen LogP contribution is 2.24. The Hall–Kier alpha value is -2.14. The van der Waals surface area contributed by atoms with Crippen LogP contribution in [0.2, 0.25) is 5.02 Å². The SMILES string of the molecule is O=C(Nc1ccc(F)cc1Cl)c1ccncc1O. The smallest absolute Gasteiger partial charge is 0.259 e. The van der Waals surface area contributed by atoms with E-state index in [4.69, 9.17) is 11.6 Å². The van der Waals surface area contributed by atoms with Crippen LogP contribution in [0.4, 0.5) is 10.1 Å². The zero-order valence-electron chi connectivity index (χ0n) is 9.02. The Morgan fingerprint density at radius 2 is 2.17 bits per heavy atom. The van der Waals surface area contributed by atoms with Gasteiger partial charge in [0.1, 0.15) is 11.6 Å². The summed E-state index contributed by atoms with van der Waals surface area (Å²) in [6.45, 7) is 0. The summed E-state index contributed by atoms with van der Waals surface area (Å²) in [6.07, 6.45) is 2.53. The Balaban J connectivity index is 2.24. The molecule has 0 unspecified atom stereocenters. The molecule has 92 valence electrons. The molecule has 1 heterocycles. The standard InChI is InChI=1S/C12H8ClFN2O2/c13-9-5-7(14)1-2-10(9)16-12(18)8-3-4-15-6-11(8)17/h1-6,17H,(H,16,18). The van der Waals surface area contributed by atoms with Crippen molar-refractivity contribution in [2.45, 2.75) is 0 Å². The van der Waals surface area contributed by atoms with Crippen molar-refractivity contribution in [1.29, 1.82) is 0 Å². The molecule has 0 aliphatic rings. The second-order valence-electron chi connectivity index (χ2n) is 3.47. The van der Waals surface area contributed by atoms with E-state index in [2.05, 4.69) is 10.3 Å². The highest BCUT2D eigenvalue weighted by atomic mass is 35.5. The average Bonchev–Trinajstić information content (AvgIpc) is 2.33. The first-order valence-electron chi connectivity index (χ1n) is 4.97. The number of benzene rings is 1. The first-order chi connectivity index (χ1) is 8.58. The number of aromatic hydroxyl groups is 1. The molecule has 4 nitrogen and oxygen atoms in total. The predicted molar refractivity (Wildman–Crippen MR) is 65.3 cm³/mol. The fraction of sp³-hybridized carbons (Fsp3) is 0. The van der Waals surface area contributed by atoms with Gasteiger partial charge in [-0.1, -0.05) is 11.6 Å². The van der Waals surface area contributed by atoms with E-state index in [0.717, 1.165) is 12.3 Å². The summed E-state index contributed by atoms with van der Waals surface area (Å²) in [6, 6.07) is 4.97. The summed E-state index contributed by atoms with van der Waals surface area (Å²) in [5, 5.41) is 12.0. The molecule has 0 saturated carbocycles. The van der Waals surface area contributed by atoms with Gasteiger partial charge in [0.15, 0.2) is 0 Å². The van der Waals surface area contributed by atoms with Crippen LogP contribution in [0.25, 0.3) is 0 Å². The van der Waals surface area contributed by atoms with Gasteiger partial charge >= 0.3 is 0 Å². The van der Waals surface area contributed by atoms with Gasteiger partial charge in [0.2, 0.25) is 0 Å². The number of amides is 1. The summed E-state index contributed by atoms with van der Waals surface area (Å²) in [5.74, 6) is -1.29. The second-order valence-corrected chi connectivity index (χ2v) is 3.88. The molecule has 2 N–H and O–H groups in total. The Bertz CT molecular complexity index is 604. The number of rotatable bonds is 2. The fourth-order valence-corrected chi connectivity index (χ4v) is 1.57. The number of hydrogen-bond acceptors (Lipinski definition) is 3. The molecule has 1 aromatic carbocycles. The van der Waals surface area contributed by atoms with Crippen LogP contribution in [0.1, 0.15) is 10.4 Å². The van der Waals surface area contributed by atoms with Crippen LogP contribution in [0, 0.1) is 5.82 Å². The third-order valence-electron chi connectivity index (χ3n) is 2.22. The molecule has 2 rings (SSSR count). The Kier molecular flexibility index (Phi) is 3.43. The summed E-state index contributed by atoms with van der Waals surface area (Å²) in [4.78, 5) is 15.5. The van der Waals surface area contributed by atoms with Crippen molar-refractivity contribution in [1.82, 2.24) is 4.98 Å².